The van der Waals surface area contributed by atoms with Gasteiger partial charge in [0.05, 0.1) is 13.7 Å². The Morgan fingerprint density at radius 1 is 1.50 bits per heavy atom. The molecule has 0 aliphatic rings. The summed E-state index contributed by atoms with van der Waals surface area (Å²) in [5.41, 5.74) is 5.50. The van der Waals surface area contributed by atoms with Crippen molar-refractivity contribution in [3.8, 4) is 0 Å². The van der Waals surface area contributed by atoms with Gasteiger partial charge in [-0.2, -0.15) is 0 Å². The number of ether oxygens (including phenoxy) is 1. The summed E-state index contributed by atoms with van der Waals surface area (Å²) in [6.07, 6.45) is 2.29. The van der Waals surface area contributed by atoms with Crippen LogP contribution >= 0.6 is 0 Å². The maximum atomic E-state index is 11.1. The summed E-state index contributed by atoms with van der Waals surface area (Å²) >= 11 is 0. The first-order valence-corrected chi connectivity index (χ1v) is 4.38. The zero-order chi connectivity index (χ0) is 11.0. The highest BCUT2D eigenvalue weighted by Crippen LogP contribution is 2.01. The molecule has 0 aromatic heterocycles. The molecule has 1 amide bonds. The zero-order valence-electron chi connectivity index (χ0n) is 8.50. The van der Waals surface area contributed by atoms with Crippen LogP contribution in [0.15, 0.2) is 11.6 Å². The number of hydrogen-bond acceptors (Lipinski definition) is 4. The second-order valence-corrected chi connectivity index (χ2v) is 2.67. The first-order valence-electron chi connectivity index (χ1n) is 4.38. The van der Waals surface area contributed by atoms with E-state index in [0.29, 0.717) is 18.5 Å². The van der Waals surface area contributed by atoms with Crippen LogP contribution in [-0.4, -0.2) is 32.1 Å². The normalized spacial score (nSPS) is 11.1. The molecule has 14 heavy (non-hydrogen) atoms. The van der Waals surface area contributed by atoms with Gasteiger partial charge >= 0.3 is 5.97 Å². The van der Waals surface area contributed by atoms with E-state index in [0.717, 1.165) is 0 Å². The Labute approximate surface area is 83.3 Å². The molecule has 3 N–H and O–H groups in total. The van der Waals surface area contributed by atoms with Crippen LogP contribution in [0.2, 0.25) is 0 Å². The molecule has 0 saturated heterocycles. The van der Waals surface area contributed by atoms with E-state index in [1.54, 1.807) is 6.08 Å². The highest BCUT2D eigenvalue weighted by atomic mass is 16.5. The third kappa shape index (κ3) is 5.31. The van der Waals surface area contributed by atoms with Crippen LogP contribution in [0.5, 0.6) is 0 Å². The van der Waals surface area contributed by atoms with Crippen LogP contribution in [-0.2, 0) is 14.3 Å². The average molecular weight is 200 g/mol. The number of carbonyl (C=O) groups is 2. The summed E-state index contributed by atoms with van der Waals surface area (Å²) in [6, 6.07) is 0. The number of amides is 1. The number of carbonyl (C=O) groups excluding carboxylic acids is 2. The van der Waals surface area contributed by atoms with Gasteiger partial charge in [-0.05, 0) is 6.42 Å². The summed E-state index contributed by atoms with van der Waals surface area (Å²) in [4.78, 5) is 21.4. The fourth-order valence-electron chi connectivity index (χ4n) is 0.894. The quantitative estimate of drug-likeness (QED) is 0.346. The fraction of sp³-hybridized carbons (Fsp3) is 0.556. The molecule has 0 aliphatic heterocycles. The summed E-state index contributed by atoms with van der Waals surface area (Å²) < 4.78 is 4.55. The topological polar surface area (TPSA) is 81.4 Å². The zero-order valence-corrected chi connectivity index (χ0v) is 8.50. The molecule has 0 spiro atoms. The van der Waals surface area contributed by atoms with Crippen molar-refractivity contribution in [2.45, 2.75) is 13.3 Å². The Kier molecular flexibility index (Phi) is 6.39. The van der Waals surface area contributed by atoms with Crippen LogP contribution in [0.1, 0.15) is 13.3 Å². The van der Waals surface area contributed by atoms with Gasteiger partial charge in [-0.25, -0.2) is 4.79 Å². The monoisotopic (exact) mass is 200 g/mol. The molecule has 0 rings (SSSR count). The Morgan fingerprint density at radius 3 is 2.57 bits per heavy atom. The third-order valence-electron chi connectivity index (χ3n) is 1.62. The molecule has 5 nitrogen and oxygen atoms in total. The Morgan fingerprint density at radius 2 is 2.14 bits per heavy atom. The summed E-state index contributed by atoms with van der Waals surface area (Å²) in [7, 11) is 1.34. The summed E-state index contributed by atoms with van der Waals surface area (Å²) in [6.45, 7) is 2.40. The van der Waals surface area contributed by atoms with Gasteiger partial charge in [-0.15, -0.1) is 0 Å². The molecule has 0 heterocycles. The number of esters is 1. The molecule has 0 bridgehead atoms. The molecule has 0 unspecified atom stereocenters. The standard InChI is InChI=1S/C9H16N2O3/c1-3-7(9(13)14-2)4-5-11-6-8(10)12/h4,11H,3,5-6H2,1-2H3,(H2,10,12). The average Bonchev–Trinajstić information content (AvgIpc) is 2.16. The van der Waals surface area contributed by atoms with Crippen LogP contribution in [0.3, 0.4) is 0 Å². The fourth-order valence-corrected chi connectivity index (χ4v) is 0.894. The van der Waals surface area contributed by atoms with E-state index in [2.05, 4.69) is 10.1 Å². The second kappa shape index (κ2) is 7.08. The molecule has 0 aliphatic carbocycles. The molecular formula is C9H16N2O3. The van der Waals surface area contributed by atoms with E-state index >= 15 is 0 Å². The molecule has 80 valence electrons. The molecular weight excluding hydrogens is 184 g/mol. The molecule has 0 radical (unpaired) electrons. The lowest BCUT2D eigenvalue weighted by molar-refractivity contribution is -0.136. The van der Waals surface area contributed by atoms with Crippen molar-refractivity contribution in [1.82, 2.24) is 5.32 Å². The molecule has 0 aromatic carbocycles. The number of hydrogen-bond donors (Lipinski definition) is 2. The van der Waals surface area contributed by atoms with E-state index in [-0.39, 0.29) is 12.5 Å². The molecule has 5 heteroatoms. The Balaban J connectivity index is 3.93. The molecule has 0 aromatic rings. The van der Waals surface area contributed by atoms with Gasteiger partial charge in [0.2, 0.25) is 5.91 Å². The van der Waals surface area contributed by atoms with Crippen molar-refractivity contribution in [3.63, 3.8) is 0 Å². The van der Waals surface area contributed by atoms with Crippen molar-refractivity contribution in [1.29, 1.82) is 0 Å². The SMILES string of the molecule is CCC(=CCNCC(N)=O)C(=O)OC. The minimum atomic E-state index is -0.422. The molecule has 0 saturated carbocycles. The lowest BCUT2D eigenvalue weighted by atomic mass is 10.2. The van der Waals surface area contributed by atoms with Crippen LogP contribution in [0.4, 0.5) is 0 Å². The van der Waals surface area contributed by atoms with Crippen molar-refractivity contribution in [3.05, 3.63) is 11.6 Å². The van der Waals surface area contributed by atoms with Crippen LogP contribution in [0.25, 0.3) is 0 Å². The Hall–Kier alpha value is -1.36. The number of nitrogens with two attached hydrogens (primary N) is 1. The van der Waals surface area contributed by atoms with Crippen LogP contribution in [0, 0.1) is 0 Å². The largest absolute Gasteiger partial charge is 0.466 e. The highest BCUT2D eigenvalue weighted by Gasteiger charge is 2.05. The number of primary amides is 1. The van der Waals surface area contributed by atoms with Crippen molar-refractivity contribution in [2.24, 2.45) is 5.73 Å². The number of nitrogens with one attached hydrogen (secondary N) is 1. The van der Waals surface area contributed by atoms with E-state index in [1.165, 1.54) is 7.11 Å². The van der Waals surface area contributed by atoms with Crippen LogP contribution < -0.4 is 11.1 Å². The maximum Gasteiger partial charge on any atom is 0.333 e. The molecule has 0 fully saturated rings. The summed E-state index contributed by atoms with van der Waals surface area (Å²) in [5.74, 6) is -0.761. The van der Waals surface area contributed by atoms with E-state index in [9.17, 15) is 9.59 Å². The first-order chi connectivity index (χ1) is 6.61. The first kappa shape index (κ1) is 12.6. The Bertz CT molecular complexity index is 236. The van der Waals surface area contributed by atoms with Crippen molar-refractivity contribution >= 4 is 11.9 Å². The van der Waals surface area contributed by atoms with Gasteiger partial charge in [0.1, 0.15) is 0 Å². The van der Waals surface area contributed by atoms with Gasteiger partial charge in [-0.1, -0.05) is 13.0 Å². The van der Waals surface area contributed by atoms with E-state index < -0.39 is 5.91 Å². The summed E-state index contributed by atoms with van der Waals surface area (Å²) in [5, 5.41) is 2.77. The maximum absolute atomic E-state index is 11.1. The highest BCUT2D eigenvalue weighted by molar-refractivity contribution is 5.88. The minimum Gasteiger partial charge on any atom is -0.466 e. The molecule has 0 atom stereocenters. The van der Waals surface area contributed by atoms with E-state index in [4.69, 9.17) is 5.73 Å². The third-order valence-corrected chi connectivity index (χ3v) is 1.62. The number of rotatable bonds is 6. The lowest BCUT2D eigenvalue weighted by Crippen LogP contribution is -2.28. The van der Waals surface area contributed by atoms with E-state index in [1.807, 2.05) is 6.92 Å². The van der Waals surface area contributed by atoms with Gasteiger partial charge in [0.25, 0.3) is 0 Å². The minimum absolute atomic E-state index is 0.106. The van der Waals surface area contributed by atoms with Crippen molar-refractivity contribution < 1.29 is 14.3 Å². The predicted molar refractivity (Wildman–Crippen MR) is 52.5 cm³/mol. The predicted octanol–water partition coefficient (Wildman–Crippen LogP) is -0.429. The van der Waals surface area contributed by atoms with Crippen molar-refractivity contribution in [2.75, 3.05) is 20.2 Å². The lowest BCUT2D eigenvalue weighted by Gasteiger charge is -2.02. The van der Waals surface area contributed by atoms with Gasteiger partial charge in [-0.3, -0.25) is 4.79 Å². The smallest absolute Gasteiger partial charge is 0.333 e. The van der Waals surface area contributed by atoms with Gasteiger partial charge in [0.15, 0.2) is 0 Å². The second-order valence-electron chi connectivity index (χ2n) is 2.67. The van der Waals surface area contributed by atoms with Gasteiger partial charge in [0, 0.05) is 12.1 Å². The number of methoxy groups -OCH3 is 1. The van der Waals surface area contributed by atoms with Gasteiger partial charge < -0.3 is 15.8 Å².